The number of ether oxygens (including phenoxy) is 5. The number of nitrogens with one attached hydrogen (secondary N) is 1. The fourth-order valence-electron chi connectivity index (χ4n) is 11.2. The number of halogens is 3. The van der Waals surface area contributed by atoms with Gasteiger partial charge in [0.05, 0.1) is 125 Å². The lowest BCUT2D eigenvalue weighted by Crippen LogP contribution is -2.55. The van der Waals surface area contributed by atoms with Gasteiger partial charge in [0, 0.05) is 123 Å². The first-order chi connectivity index (χ1) is 47.3. The van der Waals surface area contributed by atoms with Crippen LogP contribution in [0.15, 0.2) is 71.8 Å². The third-order valence-corrected chi connectivity index (χ3v) is 17.9. The second kappa shape index (κ2) is 40.1. The number of rotatable bonds is 39. The lowest BCUT2D eigenvalue weighted by molar-refractivity contribution is -0.387. The number of hydrogen-bond donors (Lipinski definition) is 5. The molecule has 2 aliphatic rings. The smallest absolute Gasteiger partial charge is 0.434 e. The Morgan fingerprint density at radius 3 is 1.83 bits per heavy atom. The van der Waals surface area contributed by atoms with Gasteiger partial charge in [-0.2, -0.15) is 17.5 Å². The van der Waals surface area contributed by atoms with Crippen LogP contribution < -0.4 is 19.7 Å². The number of hydrogen-bond acceptors (Lipinski definition) is 24. The Labute approximate surface area is 571 Å². The van der Waals surface area contributed by atoms with Crippen LogP contribution in [0.25, 0.3) is 11.3 Å². The first-order valence-corrected chi connectivity index (χ1v) is 33.8. The Hall–Kier alpha value is -8.33. The second-order valence-electron chi connectivity index (χ2n) is 23.0. The van der Waals surface area contributed by atoms with Crippen molar-refractivity contribution in [3.8, 4) is 23.0 Å². The zero-order chi connectivity index (χ0) is 72.1. The number of carboxylic acids is 4. The number of pyridine rings is 3. The Kier molecular flexibility index (Phi) is 32.2. The van der Waals surface area contributed by atoms with Crippen LogP contribution in [0.5, 0.6) is 11.8 Å². The van der Waals surface area contributed by atoms with Gasteiger partial charge in [-0.25, -0.2) is 23.4 Å². The number of alkyl halides is 3. The number of para-hydroxylation sites is 1. The number of aromatic nitrogens is 3. The number of sulfonamides is 1. The monoisotopic (exact) mass is 1420 g/mol. The van der Waals surface area contributed by atoms with Crippen molar-refractivity contribution in [1.82, 2.24) is 54.0 Å². The third kappa shape index (κ3) is 25.7. The Balaban J connectivity index is 1.06. The molecule has 6 rings (SSSR count). The van der Waals surface area contributed by atoms with Gasteiger partial charge >= 0.3 is 30.1 Å². The van der Waals surface area contributed by atoms with Crippen LogP contribution in [0.1, 0.15) is 55.4 Å². The maximum absolute atomic E-state index is 15.0. The summed E-state index contributed by atoms with van der Waals surface area (Å²) >= 11 is 0. The van der Waals surface area contributed by atoms with E-state index in [1.165, 1.54) is 34.2 Å². The van der Waals surface area contributed by atoms with Crippen molar-refractivity contribution >= 4 is 57.1 Å². The highest BCUT2D eigenvalue weighted by molar-refractivity contribution is 7.89. The van der Waals surface area contributed by atoms with Gasteiger partial charge in [0.15, 0.2) is 10.6 Å². The molecule has 99 heavy (non-hydrogen) atoms. The summed E-state index contributed by atoms with van der Waals surface area (Å²) < 4.78 is 102. The summed E-state index contributed by atoms with van der Waals surface area (Å²) in [4.78, 5) is 110. The van der Waals surface area contributed by atoms with Gasteiger partial charge in [-0.05, 0) is 63.1 Å². The van der Waals surface area contributed by atoms with Crippen LogP contribution in [0.3, 0.4) is 0 Å². The number of nitro groups is 1. The van der Waals surface area contributed by atoms with E-state index in [4.69, 9.17) is 28.7 Å². The van der Waals surface area contributed by atoms with E-state index < -0.39 is 91.9 Å². The first kappa shape index (κ1) is 79.7. The standard InChI is InChI=1S/C63H88F3N13O19S/c1-4-46-39-76(62(89)48-14-17-55(97-5-2)70-60(48)63(64,65)66)30-31-78(46)51-16-15-49(47-11-9-18-68-61(47)98-6-3)69-50(51)40-77(99(92,93)53-13-8-7-12-52(53)79(90)91)21-10-20-71(42-56(81)82)32-34-95-36-38-96-37-35-94-33-19-67-54(80)41-72-22-24-73(43-57(83)84)26-28-75(45-59(87)88)29-27-74(25-23-72)44-58(85)86/h7-9,11-18,46H,4-6,10,19-45H2,1-3H3,(H,67,80)(H,81,82)(H,83,84)(H,85,86)(H,87,88)/t46-/m1/s1. The fourth-order valence-corrected chi connectivity index (χ4v) is 12.8. The quantitative estimate of drug-likeness (QED) is 0.0243. The molecule has 0 unspecified atom stereocenters. The molecule has 3 aromatic heterocycles. The lowest BCUT2D eigenvalue weighted by atomic mass is 10.0. The molecule has 1 atom stereocenters. The van der Waals surface area contributed by atoms with E-state index in [0.717, 1.165) is 22.5 Å². The van der Waals surface area contributed by atoms with Crippen molar-refractivity contribution in [1.29, 1.82) is 0 Å². The molecular formula is C63H88F3N13O19S. The number of carboxylic acid groups (broad SMARTS) is 4. The molecule has 36 heteroatoms. The van der Waals surface area contributed by atoms with Gasteiger partial charge < -0.3 is 59.2 Å². The van der Waals surface area contributed by atoms with Crippen LogP contribution in [0, 0.1) is 10.1 Å². The molecule has 0 spiro atoms. The van der Waals surface area contributed by atoms with Gasteiger partial charge in [-0.3, -0.25) is 63.4 Å². The molecule has 0 aliphatic carbocycles. The number of carbonyl (C=O) groups is 6. The second-order valence-corrected chi connectivity index (χ2v) is 24.9. The molecule has 0 bridgehead atoms. The molecule has 4 aromatic rings. The predicted molar refractivity (Wildman–Crippen MR) is 350 cm³/mol. The zero-order valence-electron chi connectivity index (χ0n) is 55.7. The highest BCUT2D eigenvalue weighted by atomic mass is 32.2. The maximum Gasteiger partial charge on any atom is 0.434 e. The highest BCUT2D eigenvalue weighted by Crippen LogP contribution is 2.37. The summed E-state index contributed by atoms with van der Waals surface area (Å²) in [6, 6.07) is 13.2. The molecular weight excluding hydrogens is 1330 g/mol. The minimum absolute atomic E-state index is 0.00517. The molecule has 1 aromatic carbocycles. The van der Waals surface area contributed by atoms with Gasteiger partial charge in [-0.1, -0.05) is 19.1 Å². The minimum Gasteiger partial charge on any atom is -0.480 e. The molecule has 2 saturated heterocycles. The molecule has 546 valence electrons. The van der Waals surface area contributed by atoms with Gasteiger partial charge in [-0.15, -0.1) is 0 Å². The Morgan fingerprint density at radius 1 is 0.677 bits per heavy atom. The largest absolute Gasteiger partial charge is 0.480 e. The van der Waals surface area contributed by atoms with E-state index in [9.17, 15) is 72.5 Å². The predicted octanol–water partition coefficient (Wildman–Crippen LogP) is 2.61. The number of aliphatic carboxylic acids is 4. The van der Waals surface area contributed by atoms with Crippen molar-refractivity contribution in [3.63, 3.8) is 0 Å². The number of carbonyl (C=O) groups excluding carboxylic acids is 2. The molecule has 32 nitrogen and oxygen atoms in total. The van der Waals surface area contributed by atoms with E-state index in [-0.39, 0.29) is 207 Å². The number of amides is 2. The van der Waals surface area contributed by atoms with E-state index >= 15 is 8.42 Å². The number of anilines is 1. The van der Waals surface area contributed by atoms with Crippen LogP contribution >= 0.6 is 0 Å². The summed E-state index contributed by atoms with van der Waals surface area (Å²) in [7, 11) is -4.80. The van der Waals surface area contributed by atoms with Crippen LogP contribution in [-0.2, 0) is 60.9 Å². The summed E-state index contributed by atoms with van der Waals surface area (Å²) in [5.41, 5.74) is -1.48. The maximum atomic E-state index is 15.0. The Bertz CT molecular complexity index is 3410. The summed E-state index contributed by atoms with van der Waals surface area (Å²) in [6.45, 7) is 6.02. The molecule has 2 aliphatic heterocycles. The van der Waals surface area contributed by atoms with Crippen molar-refractivity contribution in [2.24, 2.45) is 0 Å². The van der Waals surface area contributed by atoms with Gasteiger partial charge in [0.1, 0.15) is 0 Å². The van der Waals surface area contributed by atoms with Gasteiger partial charge in [0.25, 0.3) is 11.6 Å². The topological polar surface area (TPSA) is 383 Å². The van der Waals surface area contributed by atoms with E-state index in [2.05, 4.69) is 15.3 Å². The third-order valence-electron chi connectivity index (χ3n) is 16.0. The van der Waals surface area contributed by atoms with E-state index in [0.29, 0.717) is 23.4 Å². The lowest BCUT2D eigenvalue weighted by Gasteiger charge is -2.43. The van der Waals surface area contributed by atoms with Crippen molar-refractivity contribution in [3.05, 3.63) is 93.9 Å². The summed E-state index contributed by atoms with van der Waals surface area (Å²) in [5, 5.41) is 53.6. The van der Waals surface area contributed by atoms with Crippen LogP contribution in [0.4, 0.5) is 24.5 Å². The van der Waals surface area contributed by atoms with Crippen LogP contribution in [0.2, 0.25) is 0 Å². The van der Waals surface area contributed by atoms with Crippen molar-refractivity contribution in [2.75, 3.05) is 189 Å². The van der Waals surface area contributed by atoms with Gasteiger partial charge in [0.2, 0.25) is 27.7 Å². The average Bonchev–Trinajstić information content (AvgIpc) is 0.777. The molecule has 0 saturated carbocycles. The number of piperazine rings is 1. The van der Waals surface area contributed by atoms with Crippen LogP contribution in [-0.4, -0.2) is 308 Å². The average molecular weight is 1420 g/mol. The molecule has 5 N–H and O–H groups in total. The first-order valence-electron chi connectivity index (χ1n) is 32.4. The van der Waals surface area contributed by atoms with Crippen molar-refractivity contribution < 1.29 is 99.4 Å². The normalized spacial score (nSPS) is 15.9. The van der Waals surface area contributed by atoms with E-state index in [1.807, 2.05) is 11.8 Å². The number of nitro benzene ring substituents is 1. The SMILES string of the molecule is CCOc1ccc(C(=O)N2CCN(c3ccc(-c4cccnc4OCC)nc3CN(CCCN(CCOCCOCCOCCNC(=O)CN3CCN(CC(=O)O)CCN(CC(=O)O)CCN(CC(=O)O)CC3)CC(=O)O)S(=O)(=O)c3ccccc3[N+](=O)[O-])[C@H](CC)C2)c(C(F)(F)F)n1. The minimum atomic E-state index is -5.00. The number of nitrogens with zero attached hydrogens (tertiary/aromatic N) is 12. The summed E-state index contributed by atoms with van der Waals surface area (Å²) in [5.74, 6) is -5.73. The van der Waals surface area contributed by atoms with Crippen molar-refractivity contribution in [2.45, 2.75) is 57.3 Å². The molecule has 0 radical (unpaired) electrons. The fraction of sp³-hybridized carbons (Fsp3) is 0.571. The molecule has 2 fully saturated rings. The number of benzene rings is 1. The molecule has 2 amide bonds. The molecule has 5 heterocycles. The summed E-state index contributed by atoms with van der Waals surface area (Å²) in [6.07, 6.45) is -3.14. The van der Waals surface area contributed by atoms with E-state index in [1.54, 1.807) is 57.7 Å². The zero-order valence-corrected chi connectivity index (χ0v) is 56.5. The highest BCUT2D eigenvalue weighted by Gasteiger charge is 2.41. The Morgan fingerprint density at radius 2 is 1.26 bits per heavy atom.